The topological polar surface area (TPSA) is 29.9 Å². The Balaban J connectivity index is 2.31. The highest BCUT2D eigenvalue weighted by atomic mass is 15.3. The standard InChI is InChI=1S/C15H21N3/c1-11-12(2)17-18(13(11)3)10-15-8-6-5-7-14(15)9-16-4/h5-8,16H,9-10H2,1-4H3. The van der Waals surface area contributed by atoms with E-state index in [2.05, 4.69) is 60.1 Å². The largest absolute Gasteiger partial charge is 0.316 e. The quantitative estimate of drug-likeness (QED) is 0.894. The summed E-state index contributed by atoms with van der Waals surface area (Å²) in [6.45, 7) is 8.08. The Hall–Kier alpha value is -1.61. The van der Waals surface area contributed by atoms with Gasteiger partial charge in [-0.15, -0.1) is 0 Å². The Morgan fingerprint density at radius 2 is 1.78 bits per heavy atom. The van der Waals surface area contributed by atoms with Crippen LogP contribution in [0.2, 0.25) is 0 Å². The average molecular weight is 243 g/mol. The van der Waals surface area contributed by atoms with Crippen LogP contribution in [0.3, 0.4) is 0 Å². The summed E-state index contributed by atoms with van der Waals surface area (Å²) in [5.74, 6) is 0. The lowest BCUT2D eigenvalue weighted by molar-refractivity contribution is 0.650. The zero-order valence-electron chi connectivity index (χ0n) is 11.6. The number of hydrogen-bond acceptors (Lipinski definition) is 2. The molecule has 0 aliphatic heterocycles. The number of nitrogens with zero attached hydrogens (tertiary/aromatic N) is 2. The molecule has 0 spiro atoms. The van der Waals surface area contributed by atoms with E-state index in [1.165, 1.54) is 22.4 Å². The van der Waals surface area contributed by atoms with E-state index in [1.54, 1.807) is 0 Å². The van der Waals surface area contributed by atoms with E-state index in [0.29, 0.717) is 0 Å². The smallest absolute Gasteiger partial charge is 0.0665 e. The van der Waals surface area contributed by atoms with Crippen molar-refractivity contribution in [2.75, 3.05) is 7.05 Å². The molecule has 3 nitrogen and oxygen atoms in total. The first-order chi connectivity index (χ1) is 8.63. The summed E-state index contributed by atoms with van der Waals surface area (Å²) >= 11 is 0. The molecule has 2 rings (SSSR count). The van der Waals surface area contributed by atoms with Gasteiger partial charge in [-0.25, -0.2) is 0 Å². The van der Waals surface area contributed by atoms with Gasteiger partial charge in [-0.05, 0) is 44.5 Å². The van der Waals surface area contributed by atoms with Gasteiger partial charge in [0.25, 0.3) is 0 Å². The van der Waals surface area contributed by atoms with Crippen molar-refractivity contribution < 1.29 is 0 Å². The molecule has 1 aromatic carbocycles. The summed E-state index contributed by atoms with van der Waals surface area (Å²) in [5.41, 5.74) is 6.34. The van der Waals surface area contributed by atoms with E-state index in [-0.39, 0.29) is 0 Å². The maximum Gasteiger partial charge on any atom is 0.0665 e. The Morgan fingerprint density at radius 1 is 1.11 bits per heavy atom. The molecule has 1 aromatic heterocycles. The number of aryl methyl sites for hydroxylation is 1. The third-order valence-corrected chi connectivity index (χ3v) is 3.55. The Kier molecular flexibility index (Phi) is 3.82. The van der Waals surface area contributed by atoms with Gasteiger partial charge in [0.2, 0.25) is 0 Å². The van der Waals surface area contributed by atoms with Crippen molar-refractivity contribution in [2.45, 2.75) is 33.9 Å². The molecule has 1 heterocycles. The van der Waals surface area contributed by atoms with E-state index < -0.39 is 0 Å². The SMILES string of the molecule is CNCc1ccccc1Cn1nc(C)c(C)c1C. The fourth-order valence-electron chi connectivity index (χ4n) is 2.18. The van der Waals surface area contributed by atoms with Gasteiger partial charge in [0.05, 0.1) is 12.2 Å². The number of nitrogens with one attached hydrogen (secondary N) is 1. The van der Waals surface area contributed by atoms with Crippen LogP contribution < -0.4 is 5.32 Å². The van der Waals surface area contributed by atoms with Crippen molar-refractivity contribution in [1.29, 1.82) is 0 Å². The Labute approximate surface area is 109 Å². The maximum absolute atomic E-state index is 4.60. The number of rotatable bonds is 4. The minimum atomic E-state index is 0.846. The summed E-state index contributed by atoms with van der Waals surface area (Å²) in [6, 6.07) is 8.53. The monoisotopic (exact) mass is 243 g/mol. The molecule has 0 saturated carbocycles. The molecular weight excluding hydrogens is 222 g/mol. The highest BCUT2D eigenvalue weighted by molar-refractivity contribution is 5.29. The Bertz CT molecular complexity index is 541. The molecule has 0 amide bonds. The van der Waals surface area contributed by atoms with Gasteiger partial charge < -0.3 is 5.32 Å². The maximum atomic E-state index is 4.60. The first kappa shape index (κ1) is 12.8. The molecule has 96 valence electrons. The molecule has 0 fully saturated rings. The second-order valence-corrected chi connectivity index (χ2v) is 4.75. The lowest BCUT2D eigenvalue weighted by Gasteiger charge is -2.10. The lowest BCUT2D eigenvalue weighted by atomic mass is 10.1. The fraction of sp³-hybridized carbons (Fsp3) is 0.400. The summed E-state index contributed by atoms with van der Waals surface area (Å²) in [4.78, 5) is 0. The number of aromatic nitrogens is 2. The highest BCUT2D eigenvalue weighted by Gasteiger charge is 2.09. The predicted molar refractivity (Wildman–Crippen MR) is 74.7 cm³/mol. The van der Waals surface area contributed by atoms with Crippen LogP contribution in [0, 0.1) is 20.8 Å². The summed E-state index contributed by atoms with van der Waals surface area (Å²) in [5, 5.41) is 7.81. The zero-order valence-corrected chi connectivity index (χ0v) is 11.6. The molecule has 3 heteroatoms. The molecule has 0 aliphatic rings. The van der Waals surface area contributed by atoms with Crippen molar-refractivity contribution in [3.05, 3.63) is 52.3 Å². The lowest BCUT2D eigenvalue weighted by Crippen LogP contribution is -2.11. The minimum Gasteiger partial charge on any atom is -0.316 e. The first-order valence-corrected chi connectivity index (χ1v) is 6.35. The Morgan fingerprint density at radius 3 is 2.33 bits per heavy atom. The van der Waals surface area contributed by atoms with Crippen molar-refractivity contribution in [3.8, 4) is 0 Å². The van der Waals surface area contributed by atoms with E-state index in [9.17, 15) is 0 Å². The number of hydrogen-bond donors (Lipinski definition) is 1. The highest BCUT2D eigenvalue weighted by Crippen LogP contribution is 2.15. The normalized spacial score (nSPS) is 10.9. The second-order valence-electron chi connectivity index (χ2n) is 4.75. The van der Waals surface area contributed by atoms with Crippen LogP contribution in [-0.4, -0.2) is 16.8 Å². The van der Waals surface area contributed by atoms with Crippen LogP contribution in [0.5, 0.6) is 0 Å². The van der Waals surface area contributed by atoms with E-state index in [4.69, 9.17) is 0 Å². The predicted octanol–water partition coefficient (Wildman–Crippen LogP) is 2.58. The van der Waals surface area contributed by atoms with Gasteiger partial charge >= 0.3 is 0 Å². The van der Waals surface area contributed by atoms with Crippen LogP contribution in [0.4, 0.5) is 0 Å². The zero-order chi connectivity index (χ0) is 13.1. The van der Waals surface area contributed by atoms with Gasteiger partial charge in [0, 0.05) is 12.2 Å². The molecule has 18 heavy (non-hydrogen) atoms. The van der Waals surface area contributed by atoms with E-state index in [0.717, 1.165) is 18.8 Å². The van der Waals surface area contributed by atoms with Crippen LogP contribution in [0.15, 0.2) is 24.3 Å². The molecule has 0 aliphatic carbocycles. The molecule has 1 N–H and O–H groups in total. The van der Waals surface area contributed by atoms with Crippen LogP contribution >= 0.6 is 0 Å². The van der Waals surface area contributed by atoms with Gasteiger partial charge in [0.1, 0.15) is 0 Å². The van der Waals surface area contributed by atoms with Crippen LogP contribution in [0.25, 0.3) is 0 Å². The van der Waals surface area contributed by atoms with E-state index in [1.807, 2.05) is 7.05 Å². The summed E-state index contributed by atoms with van der Waals surface area (Å²) < 4.78 is 2.10. The van der Waals surface area contributed by atoms with E-state index >= 15 is 0 Å². The summed E-state index contributed by atoms with van der Waals surface area (Å²) in [7, 11) is 1.98. The fourth-order valence-corrected chi connectivity index (χ4v) is 2.18. The summed E-state index contributed by atoms with van der Waals surface area (Å²) in [6.07, 6.45) is 0. The molecule has 0 atom stereocenters. The van der Waals surface area contributed by atoms with Crippen molar-refractivity contribution in [3.63, 3.8) is 0 Å². The van der Waals surface area contributed by atoms with Crippen molar-refractivity contribution in [1.82, 2.24) is 15.1 Å². The second kappa shape index (κ2) is 5.36. The van der Waals surface area contributed by atoms with Gasteiger partial charge in [0.15, 0.2) is 0 Å². The molecule has 0 unspecified atom stereocenters. The first-order valence-electron chi connectivity index (χ1n) is 6.35. The molecule has 0 radical (unpaired) electrons. The third-order valence-electron chi connectivity index (χ3n) is 3.55. The molecule has 0 saturated heterocycles. The molecule has 2 aromatic rings. The molecule has 0 bridgehead atoms. The average Bonchev–Trinajstić information content (AvgIpc) is 2.60. The van der Waals surface area contributed by atoms with Crippen LogP contribution in [0.1, 0.15) is 28.1 Å². The minimum absolute atomic E-state index is 0.846. The number of benzene rings is 1. The van der Waals surface area contributed by atoms with Gasteiger partial charge in [-0.1, -0.05) is 24.3 Å². The van der Waals surface area contributed by atoms with Crippen molar-refractivity contribution >= 4 is 0 Å². The van der Waals surface area contributed by atoms with Crippen molar-refractivity contribution in [2.24, 2.45) is 0 Å². The van der Waals surface area contributed by atoms with Gasteiger partial charge in [-0.2, -0.15) is 5.10 Å². The molecular formula is C15H21N3. The van der Waals surface area contributed by atoms with Crippen LogP contribution in [-0.2, 0) is 13.1 Å². The third kappa shape index (κ3) is 2.46. The van der Waals surface area contributed by atoms with Gasteiger partial charge in [-0.3, -0.25) is 4.68 Å².